The van der Waals surface area contributed by atoms with Gasteiger partial charge in [0.1, 0.15) is 5.15 Å². The molecule has 0 aromatic carbocycles. The molecule has 0 amide bonds. The SMILES string of the molecule is Clc1cc(C2CC2)nc(-c2ccc(Br)o2)n1. The standard InChI is InChI=1S/C11H8BrClN2O/c12-9-4-3-8(16-9)11-14-7(6-1-2-6)5-10(13)15-11/h3-6H,1-2H2. The first kappa shape index (κ1) is 10.3. The van der Waals surface area contributed by atoms with E-state index in [1.54, 1.807) is 0 Å². The van der Waals surface area contributed by atoms with Gasteiger partial charge in [-0.3, -0.25) is 0 Å². The summed E-state index contributed by atoms with van der Waals surface area (Å²) in [6.07, 6.45) is 2.38. The molecule has 0 spiro atoms. The van der Waals surface area contributed by atoms with E-state index in [2.05, 4.69) is 25.9 Å². The van der Waals surface area contributed by atoms with Crippen LogP contribution in [-0.2, 0) is 0 Å². The first-order valence-electron chi connectivity index (χ1n) is 5.02. The second-order valence-electron chi connectivity index (χ2n) is 3.82. The lowest BCUT2D eigenvalue weighted by molar-refractivity contribution is 0.551. The van der Waals surface area contributed by atoms with Crippen molar-refractivity contribution in [3.63, 3.8) is 0 Å². The van der Waals surface area contributed by atoms with Crippen LogP contribution in [0.25, 0.3) is 11.6 Å². The lowest BCUT2D eigenvalue weighted by Crippen LogP contribution is -1.93. The maximum atomic E-state index is 5.97. The number of furan rings is 1. The van der Waals surface area contributed by atoms with Gasteiger partial charge in [0.05, 0.1) is 0 Å². The van der Waals surface area contributed by atoms with Gasteiger partial charge >= 0.3 is 0 Å². The molecule has 3 nitrogen and oxygen atoms in total. The third-order valence-corrected chi connectivity index (χ3v) is 3.12. The molecular weight excluding hydrogens is 291 g/mol. The van der Waals surface area contributed by atoms with Crippen molar-refractivity contribution < 1.29 is 4.42 Å². The van der Waals surface area contributed by atoms with Gasteiger partial charge in [-0.25, -0.2) is 9.97 Å². The van der Waals surface area contributed by atoms with Crippen molar-refractivity contribution in [1.82, 2.24) is 9.97 Å². The number of hydrogen-bond donors (Lipinski definition) is 0. The molecule has 3 rings (SSSR count). The maximum absolute atomic E-state index is 5.97. The molecule has 0 atom stereocenters. The van der Waals surface area contributed by atoms with Gasteiger partial charge in [0, 0.05) is 11.6 Å². The van der Waals surface area contributed by atoms with Crippen LogP contribution < -0.4 is 0 Å². The van der Waals surface area contributed by atoms with E-state index < -0.39 is 0 Å². The lowest BCUT2D eigenvalue weighted by atomic mass is 10.3. The summed E-state index contributed by atoms with van der Waals surface area (Å²) in [6.45, 7) is 0. The van der Waals surface area contributed by atoms with E-state index in [4.69, 9.17) is 16.0 Å². The van der Waals surface area contributed by atoms with Crippen LogP contribution in [0.1, 0.15) is 24.5 Å². The molecule has 16 heavy (non-hydrogen) atoms. The predicted octanol–water partition coefficient (Wildman–Crippen LogP) is 4.03. The molecule has 82 valence electrons. The van der Waals surface area contributed by atoms with Crippen LogP contribution >= 0.6 is 27.5 Å². The molecule has 1 saturated carbocycles. The number of hydrogen-bond acceptors (Lipinski definition) is 3. The molecule has 2 heterocycles. The van der Waals surface area contributed by atoms with E-state index in [0.717, 1.165) is 5.69 Å². The third kappa shape index (κ3) is 1.99. The van der Waals surface area contributed by atoms with Gasteiger partial charge in [-0.05, 0) is 47.0 Å². The van der Waals surface area contributed by atoms with Crippen molar-refractivity contribution in [2.75, 3.05) is 0 Å². The molecule has 2 aromatic heterocycles. The first-order valence-corrected chi connectivity index (χ1v) is 6.19. The molecule has 0 bridgehead atoms. The van der Waals surface area contributed by atoms with Gasteiger partial charge in [-0.2, -0.15) is 0 Å². The van der Waals surface area contributed by atoms with Crippen LogP contribution in [0.2, 0.25) is 5.15 Å². The molecule has 2 aromatic rings. The van der Waals surface area contributed by atoms with Gasteiger partial charge in [0.15, 0.2) is 16.3 Å². The molecule has 0 radical (unpaired) electrons. The Morgan fingerprint density at radius 2 is 2.12 bits per heavy atom. The molecule has 0 saturated heterocycles. The topological polar surface area (TPSA) is 38.9 Å². The molecule has 0 aliphatic heterocycles. The Labute approximate surface area is 106 Å². The van der Waals surface area contributed by atoms with Crippen LogP contribution in [0.15, 0.2) is 27.3 Å². The maximum Gasteiger partial charge on any atom is 0.197 e. The van der Waals surface area contributed by atoms with E-state index in [9.17, 15) is 0 Å². The summed E-state index contributed by atoms with van der Waals surface area (Å²) >= 11 is 9.23. The number of rotatable bonds is 2. The van der Waals surface area contributed by atoms with Gasteiger partial charge in [-0.1, -0.05) is 11.6 Å². The monoisotopic (exact) mass is 298 g/mol. The Bertz CT molecular complexity index is 537. The van der Waals surface area contributed by atoms with Gasteiger partial charge in [-0.15, -0.1) is 0 Å². The number of halogens is 2. The summed E-state index contributed by atoms with van der Waals surface area (Å²) in [5.74, 6) is 1.74. The van der Waals surface area contributed by atoms with Crippen molar-refractivity contribution in [3.8, 4) is 11.6 Å². The van der Waals surface area contributed by atoms with Crippen molar-refractivity contribution in [1.29, 1.82) is 0 Å². The highest BCUT2D eigenvalue weighted by atomic mass is 79.9. The minimum Gasteiger partial charge on any atom is -0.446 e. The molecule has 1 aliphatic rings. The van der Waals surface area contributed by atoms with E-state index >= 15 is 0 Å². The normalized spacial score (nSPS) is 15.4. The van der Waals surface area contributed by atoms with Crippen LogP contribution in [0, 0.1) is 0 Å². The molecular formula is C11H8BrClN2O. The Kier molecular flexibility index (Phi) is 2.48. The van der Waals surface area contributed by atoms with E-state index in [1.807, 2.05) is 18.2 Å². The zero-order valence-corrected chi connectivity index (χ0v) is 10.6. The summed E-state index contributed by atoms with van der Waals surface area (Å²) < 4.78 is 6.08. The summed E-state index contributed by atoms with van der Waals surface area (Å²) in [5, 5.41) is 0.472. The van der Waals surface area contributed by atoms with Crippen molar-refractivity contribution in [2.45, 2.75) is 18.8 Å². The molecule has 0 unspecified atom stereocenters. The highest BCUT2D eigenvalue weighted by Gasteiger charge is 2.26. The zero-order valence-electron chi connectivity index (χ0n) is 8.28. The molecule has 5 heteroatoms. The lowest BCUT2D eigenvalue weighted by Gasteiger charge is -2.01. The van der Waals surface area contributed by atoms with Gasteiger partial charge in [0.25, 0.3) is 0 Å². The van der Waals surface area contributed by atoms with Crippen LogP contribution in [0.4, 0.5) is 0 Å². The fourth-order valence-corrected chi connectivity index (χ4v) is 2.07. The Hall–Kier alpha value is -0.870. The minimum atomic E-state index is 0.472. The van der Waals surface area contributed by atoms with E-state index in [0.29, 0.717) is 27.3 Å². The summed E-state index contributed by atoms with van der Waals surface area (Å²) in [6, 6.07) is 5.48. The predicted molar refractivity (Wildman–Crippen MR) is 64.4 cm³/mol. The van der Waals surface area contributed by atoms with E-state index in [-0.39, 0.29) is 0 Å². The number of nitrogens with zero attached hydrogens (tertiary/aromatic N) is 2. The average Bonchev–Trinajstić information content (AvgIpc) is 3.01. The second kappa shape index (κ2) is 3.86. The Morgan fingerprint density at radius 3 is 2.75 bits per heavy atom. The third-order valence-electron chi connectivity index (χ3n) is 2.50. The summed E-state index contributed by atoms with van der Waals surface area (Å²) in [7, 11) is 0. The van der Waals surface area contributed by atoms with Crippen molar-refractivity contribution in [2.24, 2.45) is 0 Å². The Balaban J connectivity index is 2.06. The average molecular weight is 300 g/mol. The molecule has 1 aliphatic carbocycles. The van der Waals surface area contributed by atoms with Crippen LogP contribution in [-0.4, -0.2) is 9.97 Å². The first-order chi connectivity index (χ1) is 7.72. The van der Waals surface area contributed by atoms with Crippen LogP contribution in [0.3, 0.4) is 0 Å². The molecule has 1 fully saturated rings. The van der Waals surface area contributed by atoms with Crippen molar-refractivity contribution >= 4 is 27.5 Å². The smallest absolute Gasteiger partial charge is 0.197 e. The minimum absolute atomic E-state index is 0.472. The summed E-state index contributed by atoms with van der Waals surface area (Å²) in [5.41, 5.74) is 1.02. The fourth-order valence-electron chi connectivity index (χ4n) is 1.57. The number of aromatic nitrogens is 2. The van der Waals surface area contributed by atoms with Gasteiger partial charge in [0.2, 0.25) is 0 Å². The quantitative estimate of drug-likeness (QED) is 0.786. The second-order valence-corrected chi connectivity index (χ2v) is 4.99. The highest BCUT2D eigenvalue weighted by Crippen LogP contribution is 2.40. The zero-order chi connectivity index (χ0) is 11.1. The van der Waals surface area contributed by atoms with Gasteiger partial charge < -0.3 is 4.42 Å². The largest absolute Gasteiger partial charge is 0.446 e. The summed E-state index contributed by atoms with van der Waals surface area (Å²) in [4.78, 5) is 8.64. The van der Waals surface area contributed by atoms with Crippen molar-refractivity contribution in [3.05, 3.63) is 33.7 Å². The van der Waals surface area contributed by atoms with Crippen LogP contribution in [0.5, 0.6) is 0 Å². The Morgan fingerprint density at radius 1 is 1.31 bits per heavy atom. The highest BCUT2D eigenvalue weighted by molar-refractivity contribution is 9.10. The fraction of sp³-hybridized carbons (Fsp3) is 0.273. The molecule has 0 N–H and O–H groups in total. The van der Waals surface area contributed by atoms with E-state index in [1.165, 1.54) is 12.8 Å².